The molecule has 3 N–H and O–H groups in total. The number of amides is 1. The number of carbonyl (C=O) groups is 1. The van der Waals surface area contributed by atoms with Gasteiger partial charge in [0.15, 0.2) is 5.65 Å². The molecule has 3 heterocycles. The quantitative estimate of drug-likeness (QED) is 0.490. The van der Waals surface area contributed by atoms with Gasteiger partial charge >= 0.3 is 6.18 Å². The van der Waals surface area contributed by atoms with Crippen molar-refractivity contribution in [3.8, 4) is 11.1 Å². The van der Waals surface area contributed by atoms with Crippen LogP contribution in [0.3, 0.4) is 0 Å². The number of aromatic amines is 2. The second-order valence-corrected chi connectivity index (χ2v) is 6.20. The van der Waals surface area contributed by atoms with Crippen molar-refractivity contribution in [3.63, 3.8) is 0 Å². The summed E-state index contributed by atoms with van der Waals surface area (Å²) in [5.41, 5.74) is -2.39. The number of aromatic nitrogens is 5. The van der Waals surface area contributed by atoms with E-state index in [1.165, 1.54) is 31.5 Å². The Labute approximate surface area is 160 Å². The Morgan fingerprint density at radius 3 is 2.55 bits per heavy atom. The van der Waals surface area contributed by atoms with Crippen LogP contribution in [0.2, 0.25) is 0 Å². The fraction of sp³-hybridized carbons (Fsp3) is 0.111. The molecule has 0 spiro atoms. The van der Waals surface area contributed by atoms with Gasteiger partial charge in [-0.15, -0.1) is 0 Å². The minimum atomic E-state index is -4.77. The van der Waals surface area contributed by atoms with Gasteiger partial charge in [-0.05, 0) is 12.5 Å². The van der Waals surface area contributed by atoms with Crippen molar-refractivity contribution in [1.29, 1.82) is 0 Å². The van der Waals surface area contributed by atoms with E-state index in [0.29, 0.717) is 10.2 Å². The van der Waals surface area contributed by atoms with Gasteiger partial charge in [0.25, 0.3) is 11.5 Å². The first kappa shape index (κ1) is 18.5. The van der Waals surface area contributed by atoms with E-state index >= 15 is 0 Å². The fourth-order valence-corrected chi connectivity index (χ4v) is 3.04. The monoisotopic (exact) mass is 402 g/mol. The van der Waals surface area contributed by atoms with Crippen molar-refractivity contribution in [1.82, 2.24) is 24.8 Å². The summed E-state index contributed by atoms with van der Waals surface area (Å²) in [6.45, 7) is 1.39. The average Bonchev–Trinajstić information content (AvgIpc) is 3.29. The Morgan fingerprint density at radius 2 is 1.93 bits per heavy atom. The van der Waals surface area contributed by atoms with Crippen LogP contribution in [0.5, 0.6) is 0 Å². The van der Waals surface area contributed by atoms with Crippen LogP contribution in [0.1, 0.15) is 21.7 Å². The molecule has 0 fully saturated rings. The van der Waals surface area contributed by atoms with E-state index in [4.69, 9.17) is 0 Å². The molecule has 0 aliphatic rings. The molecule has 0 saturated carbocycles. The summed E-state index contributed by atoms with van der Waals surface area (Å²) >= 11 is 0. The molecule has 0 radical (unpaired) electrons. The maximum atomic E-state index is 13.7. The number of hydrogen-bond acceptors (Lipinski definition) is 4. The Morgan fingerprint density at radius 1 is 1.21 bits per heavy atom. The van der Waals surface area contributed by atoms with Crippen LogP contribution in [0.15, 0.2) is 47.5 Å². The van der Waals surface area contributed by atoms with Gasteiger partial charge in [0, 0.05) is 6.20 Å². The first-order chi connectivity index (χ1) is 13.8. The molecule has 4 rings (SSSR count). The molecule has 0 aliphatic carbocycles. The highest BCUT2D eigenvalue weighted by Gasteiger charge is 2.38. The van der Waals surface area contributed by atoms with E-state index in [2.05, 4.69) is 25.6 Å². The topological polar surface area (TPSA) is 108 Å². The molecule has 0 saturated heterocycles. The van der Waals surface area contributed by atoms with Crippen molar-refractivity contribution in [3.05, 3.63) is 70.0 Å². The van der Waals surface area contributed by atoms with Crippen molar-refractivity contribution >= 4 is 17.2 Å². The summed E-state index contributed by atoms with van der Waals surface area (Å²) in [6.07, 6.45) is -2.06. The summed E-state index contributed by atoms with van der Waals surface area (Å²) in [4.78, 5) is 29.5. The molecule has 0 aliphatic heterocycles. The van der Waals surface area contributed by atoms with Crippen LogP contribution in [-0.2, 0) is 6.18 Å². The minimum absolute atomic E-state index is 0.000834. The lowest BCUT2D eigenvalue weighted by Crippen LogP contribution is -2.29. The Kier molecular flexibility index (Phi) is 4.22. The highest BCUT2D eigenvalue weighted by atomic mass is 19.4. The third-order valence-electron chi connectivity index (χ3n) is 4.29. The molecule has 0 unspecified atom stereocenters. The number of H-pyrrole nitrogens is 2. The molecule has 11 heteroatoms. The first-order valence-electron chi connectivity index (χ1n) is 8.35. The van der Waals surface area contributed by atoms with Crippen LogP contribution >= 0.6 is 0 Å². The molecule has 29 heavy (non-hydrogen) atoms. The fourth-order valence-electron chi connectivity index (χ4n) is 3.04. The van der Waals surface area contributed by atoms with Gasteiger partial charge in [0.1, 0.15) is 11.3 Å². The van der Waals surface area contributed by atoms with E-state index < -0.39 is 23.3 Å². The third kappa shape index (κ3) is 3.16. The number of nitrogens with zero attached hydrogens (tertiary/aromatic N) is 3. The molecule has 4 aromatic rings. The standard InChI is InChI=1S/C18H13F3N6O2/c1-9-12(16(28)25-11-7-22-23-8-11)17(29)27-15(24-9)13(10-5-3-2-4-6-10)14(26-27)18(19,20)21/h2-8,26H,1H3,(H,22,23)(H,25,28). The maximum Gasteiger partial charge on any atom is 0.433 e. The van der Waals surface area contributed by atoms with Gasteiger partial charge in [0.05, 0.1) is 23.1 Å². The molecule has 148 valence electrons. The summed E-state index contributed by atoms with van der Waals surface area (Å²) < 4.78 is 41.6. The summed E-state index contributed by atoms with van der Waals surface area (Å²) in [5, 5.41) is 10.7. The van der Waals surface area contributed by atoms with E-state index in [-0.39, 0.29) is 28.0 Å². The summed E-state index contributed by atoms with van der Waals surface area (Å²) in [5.74, 6) is -0.805. The molecule has 3 aromatic heterocycles. The van der Waals surface area contributed by atoms with Gasteiger partial charge in [-0.1, -0.05) is 30.3 Å². The van der Waals surface area contributed by atoms with Gasteiger partial charge in [-0.25, -0.2) is 4.98 Å². The number of nitrogens with one attached hydrogen (secondary N) is 3. The van der Waals surface area contributed by atoms with Crippen LogP contribution in [0.25, 0.3) is 16.8 Å². The molecule has 0 atom stereocenters. The third-order valence-corrected chi connectivity index (χ3v) is 4.29. The highest BCUT2D eigenvalue weighted by Crippen LogP contribution is 2.38. The Bertz CT molecular complexity index is 1260. The van der Waals surface area contributed by atoms with Crippen molar-refractivity contribution in [2.45, 2.75) is 13.1 Å². The van der Waals surface area contributed by atoms with E-state index in [1.807, 2.05) is 0 Å². The number of aryl methyl sites for hydroxylation is 1. The van der Waals surface area contributed by atoms with Crippen molar-refractivity contribution in [2.24, 2.45) is 0 Å². The lowest BCUT2D eigenvalue weighted by molar-refractivity contribution is -0.140. The number of fused-ring (bicyclic) bond motifs is 1. The average molecular weight is 402 g/mol. The predicted octanol–water partition coefficient (Wildman–Crippen LogP) is 2.99. The number of rotatable bonds is 3. The van der Waals surface area contributed by atoms with Gasteiger partial charge in [-0.2, -0.15) is 22.8 Å². The lowest BCUT2D eigenvalue weighted by atomic mass is 10.1. The number of anilines is 1. The molecule has 1 amide bonds. The van der Waals surface area contributed by atoms with Crippen LogP contribution in [0, 0.1) is 6.92 Å². The van der Waals surface area contributed by atoms with Gasteiger partial charge in [0.2, 0.25) is 0 Å². The van der Waals surface area contributed by atoms with Gasteiger partial charge in [-0.3, -0.25) is 19.8 Å². The van der Waals surface area contributed by atoms with E-state index in [9.17, 15) is 22.8 Å². The molecule has 8 nitrogen and oxygen atoms in total. The molecular formula is C18H13F3N6O2. The van der Waals surface area contributed by atoms with Crippen molar-refractivity contribution in [2.75, 3.05) is 5.32 Å². The zero-order valence-electron chi connectivity index (χ0n) is 14.8. The predicted molar refractivity (Wildman–Crippen MR) is 97.5 cm³/mol. The smallest absolute Gasteiger partial charge is 0.319 e. The van der Waals surface area contributed by atoms with Crippen LogP contribution < -0.4 is 10.9 Å². The number of carbonyl (C=O) groups excluding carboxylic acids is 1. The molecule has 0 bridgehead atoms. The normalized spacial score (nSPS) is 11.7. The zero-order chi connectivity index (χ0) is 20.8. The molecular weight excluding hydrogens is 389 g/mol. The first-order valence-corrected chi connectivity index (χ1v) is 8.35. The largest absolute Gasteiger partial charge is 0.433 e. The molecule has 1 aromatic carbocycles. The lowest BCUT2D eigenvalue weighted by Gasteiger charge is -2.07. The van der Waals surface area contributed by atoms with Crippen molar-refractivity contribution < 1.29 is 18.0 Å². The number of halogens is 3. The van der Waals surface area contributed by atoms with E-state index in [0.717, 1.165) is 0 Å². The Balaban J connectivity index is 1.96. The maximum absolute atomic E-state index is 13.7. The van der Waals surface area contributed by atoms with Crippen LogP contribution in [-0.4, -0.2) is 30.7 Å². The van der Waals surface area contributed by atoms with Gasteiger partial charge < -0.3 is 5.32 Å². The second kappa shape index (κ2) is 6.62. The second-order valence-electron chi connectivity index (χ2n) is 6.20. The highest BCUT2D eigenvalue weighted by molar-refractivity contribution is 6.04. The SMILES string of the molecule is Cc1nc2c(-c3ccccc3)c(C(F)(F)F)[nH]n2c(=O)c1C(=O)Nc1cn[nH]c1. The summed E-state index contributed by atoms with van der Waals surface area (Å²) in [6, 6.07) is 7.79. The zero-order valence-corrected chi connectivity index (χ0v) is 14.8. The summed E-state index contributed by atoms with van der Waals surface area (Å²) in [7, 11) is 0. The minimum Gasteiger partial charge on any atom is -0.319 e. The number of alkyl halides is 3. The van der Waals surface area contributed by atoms with Crippen LogP contribution in [0.4, 0.5) is 18.9 Å². The number of hydrogen-bond donors (Lipinski definition) is 3. The number of benzene rings is 1. The Hall–Kier alpha value is -3.89. The van der Waals surface area contributed by atoms with E-state index in [1.54, 1.807) is 18.2 Å².